The Balaban J connectivity index is 2.70. The van der Waals surface area contributed by atoms with Crippen molar-refractivity contribution in [3.63, 3.8) is 0 Å². The Morgan fingerprint density at radius 3 is 2.44 bits per heavy atom. The van der Waals surface area contributed by atoms with Gasteiger partial charge in [-0.05, 0) is 28.8 Å². The summed E-state index contributed by atoms with van der Waals surface area (Å²) < 4.78 is 25.6. The maximum atomic E-state index is 12.8. The largest absolute Gasteiger partial charge is 0.255 e. The molecule has 0 aromatic heterocycles. The normalized spacial score (nSPS) is 13.3. The van der Waals surface area contributed by atoms with E-state index in [2.05, 4.69) is 15.9 Å². The molecule has 0 nitrogen and oxygen atoms in total. The van der Waals surface area contributed by atoms with Gasteiger partial charge in [-0.2, -0.15) is 0 Å². The van der Waals surface area contributed by atoms with Gasteiger partial charge in [-0.1, -0.05) is 52.3 Å². The summed E-state index contributed by atoms with van der Waals surface area (Å²) in [6, 6.07) is 11.4. The Labute approximate surface area is 101 Å². The van der Waals surface area contributed by atoms with Crippen LogP contribution in [0, 0.1) is 6.92 Å². The van der Waals surface area contributed by atoms with Crippen LogP contribution in [0.3, 0.4) is 0 Å². The molecule has 3 heteroatoms. The molecule has 0 spiro atoms. The summed E-state index contributed by atoms with van der Waals surface area (Å²) in [6.07, 6.45) is -2.40. The molecule has 16 heavy (non-hydrogen) atoms. The van der Waals surface area contributed by atoms with E-state index in [1.54, 1.807) is 0 Å². The zero-order chi connectivity index (χ0) is 11.7. The number of aryl methyl sites for hydroxylation is 1. The third kappa shape index (κ3) is 1.96. The molecule has 0 saturated heterocycles. The summed E-state index contributed by atoms with van der Waals surface area (Å²) in [5.74, 6) is 0. The third-order valence-corrected chi connectivity index (χ3v) is 3.54. The maximum Gasteiger partial charge on any atom is 0.255 e. The second-order valence-electron chi connectivity index (χ2n) is 3.75. The molecular formula is C13H11BrF2. The van der Waals surface area contributed by atoms with Gasteiger partial charge in [0.25, 0.3) is 6.43 Å². The summed E-state index contributed by atoms with van der Waals surface area (Å²) >= 11 is 3.07. The van der Waals surface area contributed by atoms with Crippen molar-refractivity contribution < 1.29 is 8.78 Å². The van der Waals surface area contributed by atoms with Crippen molar-refractivity contribution in [2.24, 2.45) is 0 Å². The molecule has 0 aliphatic carbocycles. The average molecular weight is 285 g/mol. The van der Waals surface area contributed by atoms with Gasteiger partial charge in [-0.3, -0.25) is 0 Å². The summed E-state index contributed by atoms with van der Waals surface area (Å²) in [5, 5.41) is 1.89. The van der Waals surface area contributed by atoms with Crippen molar-refractivity contribution in [2.45, 2.75) is 18.2 Å². The number of hydrogen-bond donors (Lipinski definition) is 0. The fourth-order valence-corrected chi connectivity index (χ4v) is 2.50. The highest BCUT2D eigenvalue weighted by Gasteiger charge is 2.22. The summed E-state index contributed by atoms with van der Waals surface area (Å²) in [6.45, 7) is 1.86. The van der Waals surface area contributed by atoms with Crippen LogP contribution in [0.15, 0.2) is 36.4 Å². The fourth-order valence-electron chi connectivity index (χ4n) is 1.90. The molecule has 0 amide bonds. The lowest BCUT2D eigenvalue weighted by molar-refractivity contribution is 0.148. The molecule has 0 fully saturated rings. The van der Waals surface area contributed by atoms with Crippen molar-refractivity contribution >= 4 is 26.7 Å². The summed E-state index contributed by atoms with van der Waals surface area (Å²) in [5.41, 5.74) is 1.58. The topological polar surface area (TPSA) is 0 Å². The molecule has 0 bridgehead atoms. The highest BCUT2D eigenvalue weighted by Crippen LogP contribution is 2.36. The lowest BCUT2D eigenvalue weighted by atomic mass is 9.97. The molecule has 0 aliphatic heterocycles. The molecule has 0 N–H and O–H groups in total. The van der Waals surface area contributed by atoms with Crippen LogP contribution in [0.5, 0.6) is 0 Å². The van der Waals surface area contributed by atoms with Crippen molar-refractivity contribution in [2.75, 3.05) is 0 Å². The zero-order valence-electron chi connectivity index (χ0n) is 8.75. The smallest absolute Gasteiger partial charge is 0.209 e. The Morgan fingerprint density at radius 1 is 1.06 bits per heavy atom. The molecular weight excluding hydrogens is 274 g/mol. The van der Waals surface area contributed by atoms with Gasteiger partial charge in [0.05, 0.1) is 0 Å². The number of rotatable bonds is 2. The van der Waals surface area contributed by atoms with Crippen LogP contribution < -0.4 is 0 Å². The number of halogens is 3. The first-order chi connectivity index (χ1) is 7.61. The van der Waals surface area contributed by atoms with E-state index in [0.29, 0.717) is 5.56 Å². The second kappa shape index (κ2) is 4.50. The van der Waals surface area contributed by atoms with Crippen molar-refractivity contribution in [3.8, 4) is 0 Å². The quantitative estimate of drug-likeness (QED) is 0.692. The second-order valence-corrected chi connectivity index (χ2v) is 4.74. The van der Waals surface area contributed by atoms with E-state index in [0.717, 1.165) is 16.3 Å². The minimum absolute atomic E-state index is 0.688. The molecule has 0 saturated carbocycles. The number of alkyl halides is 3. The van der Waals surface area contributed by atoms with Gasteiger partial charge >= 0.3 is 0 Å². The number of fused-ring (bicyclic) bond motifs is 1. The molecule has 0 heterocycles. The molecule has 2 aromatic carbocycles. The van der Waals surface area contributed by atoms with Gasteiger partial charge in [-0.25, -0.2) is 8.78 Å². The average Bonchev–Trinajstić information content (AvgIpc) is 2.28. The van der Waals surface area contributed by atoms with E-state index >= 15 is 0 Å². The molecule has 0 aliphatic rings. The van der Waals surface area contributed by atoms with Crippen LogP contribution in [0.2, 0.25) is 0 Å². The molecule has 2 aromatic rings. The lowest BCUT2D eigenvalue weighted by Crippen LogP contribution is -2.04. The molecule has 84 valence electrons. The first kappa shape index (κ1) is 11.5. The van der Waals surface area contributed by atoms with Crippen LogP contribution in [0.4, 0.5) is 8.78 Å². The minimum atomic E-state index is -2.40. The highest BCUT2D eigenvalue weighted by atomic mass is 79.9. The van der Waals surface area contributed by atoms with Gasteiger partial charge < -0.3 is 0 Å². The molecule has 1 unspecified atom stereocenters. The third-order valence-electron chi connectivity index (χ3n) is 2.69. The first-order valence-electron chi connectivity index (χ1n) is 5.01. The van der Waals surface area contributed by atoms with Gasteiger partial charge in [-0.15, -0.1) is 0 Å². The predicted octanol–water partition coefficient (Wildman–Crippen LogP) is 4.85. The Kier molecular flexibility index (Phi) is 3.24. The van der Waals surface area contributed by atoms with Crippen molar-refractivity contribution in [3.05, 3.63) is 47.5 Å². The lowest BCUT2D eigenvalue weighted by Gasteiger charge is -2.15. The van der Waals surface area contributed by atoms with Crippen LogP contribution in [0.1, 0.15) is 16.0 Å². The van der Waals surface area contributed by atoms with E-state index in [1.807, 2.05) is 43.3 Å². The highest BCUT2D eigenvalue weighted by molar-refractivity contribution is 9.09. The number of benzene rings is 2. The monoisotopic (exact) mass is 284 g/mol. The SMILES string of the molecule is Cc1ccc2ccccc2c1C(Br)C(F)F. The van der Waals surface area contributed by atoms with E-state index in [9.17, 15) is 8.78 Å². The van der Waals surface area contributed by atoms with E-state index in [1.165, 1.54) is 0 Å². The van der Waals surface area contributed by atoms with Crippen LogP contribution in [0.25, 0.3) is 10.8 Å². The standard InChI is InChI=1S/C13H11BrF2/c1-8-6-7-9-4-2-3-5-10(9)11(8)12(14)13(15)16/h2-7,12-13H,1H3. The first-order valence-corrected chi connectivity index (χ1v) is 5.93. The van der Waals surface area contributed by atoms with Crippen LogP contribution >= 0.6 is 15.9 Å². The number of hydrogen-bond acceptors (Lipinski definition) is 0. The summed E-state index contributed by atoms with van der Waals surface area (Å²) in [7, 11) is 0. The Morgan fingerprint density at radius 2 is 1.75 bits per heavy atom. The van der Waals surface area contributed by atoms with Gasteiger partial charge in [0, 0.05) is 0 Å². The van der Waals surface area contributed by atoms with Crippen molar-refractivity contribution in [1.82, 2.24) is 0 Å². The van der Waals surface area contributed by atoms with E-state index < -0.39 is 11.3 Å². The van der Waals surface area contributed by atoms with Gasteiger partial charge in [0.1, 0.15) is 4.83 Å². The van der Waals surface area contributed by atoms with E-state index in [-0.39, 0.29) is 0 Å². The predicted molar refractivity (Wildman–Crippen MR) is 66.4 cm³/mol. The Bertz CT molecular complexity index is 508. The summed E-state index contributed by atoms with van der Waals surface area (Å²) in [4.78, 5) is -0.904. The van der Waals surface area contributed by atoms with Crippen LogP contribution in [-0.4, -0.2) is 6.43 Å². The van der Waals surface area contributed by atoms with Crippen LogP contribution in [-0.2, 0) is 0 Å². The van der Waals surface area contributed by atoms with Crippen molar-refractivity contribution in [1.29, 1.82) is 0 Å². The van der Waals surface area contributed by atoms with E-state index in [4.69, 9.17) is 0 Å². The van der Waals surface area contributed by atoms with Gasteiger partial charge in [0.15, 0.2) is 0 Å². The maximum absolute atomic E-state index is 12.8. The molecule has 1 atom stereocenters. The zero-order valence-corrected chi connectivity index (χ0v) is 10.3. The molecule has 0 radical (unpaired) electrons. The van der Waals surface area contributed by atoms with Gasteiger partial charge in [0.2, 0.25) is 0 Å². The minimum Gasteiger partial charge on any atom is -0.209 e. The molecule has 2 rings (SSSR count). The fraction of sp³-hybridized carbons (Fsp3) is 0.231. The Hall–Kier alpha value is -0.960.